The molecule has 1 heterocycles. The van der Waals surface area contributed by atoms with Crippen LogP contribution in [-0.2, 0) is 9.47 Å². The first-order valence-electron chi connectivity index (χ1n) is 7.35. The van der Waals surface area contributed by atoms with Crippen molar-refractivity contribution in [3.63, 3.8) is 0 Å². The summed E-state index contributed by atoms with van der Waals surface area (Å²) in [6.07, 6.45) is 3.26. The minimum Gasteiger partial charge on any atom is -0.381 e. The Hall–Kier alpha value is -0.810. The molecule has 0 aliphatic carbocycles. The van der Waals surface area contributed by atoms with Crippen LogP contribution >= 0.6 is 0 Å². The van der Waals surface area contributed by atoms with Gasteiger partial charge in [0, 0.05) is 53.6 Å². The molecule has 1 N–H and O–H groups in total. The molecule has 0 saturated carbocycles. The highest BCUT2D eigenvalue weighted by atomic mass is 16.5. The lowest BCUT2D eigenvalue weighted by Crippen LogP contribution is -2.36. The largest absolute Gasteiger partial charge is 0.381 e. The quantitative estimate of drug-likeness (QED) is 0.431. The highest BCUT2D eigenvalue weighted by molar-refractivity contribution is 5.79. The summed E-state index contributed by atoms with van der Waals surface area (Å²) in [6.45, 7) is 7.26. The van der Waals surface area contributed by atoms with E-state index in [1.165, 1.54) is 0 Å². The van der Waals surface area contributed by atoms with E-state index in [-0.39, 0.29) is 0 Å². The maximum Gasteiger partial charge on any atom is 0.193 e. The van der Waals surface area contributed by atoms with Crippen molar-refractivity contribution in [2.24, 2.45) is 10.9 Å². The van der Waals surface area contributed by atoms with Crippen LogP contribution in [0, 0.1) is 5.92 Å². The highest BCUT2D eigenvalue weighted by Crippen LogP contribution is 2.14. The third-order valence-electron chi connectivity index (χ3n) is 3.16. The summed E-state index contributed by atoms with van der Waals surface area (Å²) < 4.78 is 11.0. The average molecular weight is 271 g/mol. The number of hydrogen-bond donors (Lipinski definition) is 1. The molecule has 0 radical (unpaired) electrons. The van der Waals surface area contributed by atoms with Gasteiger partial charge in [-0.3, -0.25) is 4.99 Å². The van der Waals surface area contributed by atoms with E-state index in [0.29, 0.717) is 5.92 Å². The molecule has 0 aromatic heterocycles. The summed E-state index contributed by atoms with van der Waals surface area (Å²) in [6, 6.07) is 0. The van der Waals surface area contributed by atoms with E-state index in [9.17, 15) is 0 Å². The summed E-state index contributed by atoms with van der Waals surface area (Å²) in [4.78, 5) is 6.54. The summed E-state index contributed by atoms with van der Waals surface area (Å²) in [5.41, 5.74) is 0. The zero-order chi connectivity index (χ0) is 13.9. The fourth-order valence-electron chi connectivity index (χ4n) is 2.03. The molecule has 0 bridgehead atoms. The van der Waals surface area contributed by atoms with Gasteiger partial charge in [0.25, 0.3) is 0 Å². The summed E-state index contributed by atoms with van der Waals surface area (Å²) in [7, 11) is 4.01. The van der Waals surface area contributed by atoms with Gasteiger partial charge in [0.15, 0.2) is 5.96 Å². The van der Waals surface area contributed by atoms with Gasteiger partial charge in [-0.2, -0.15) is 0 Å². The lowest BCUT2D eigenvalue weighted by Gasteiger charge is -2.21. The van der Waals surface area contributed by atoms with Crippen LogP contribution in [0.4, 0.5) is 0 Å². The van der Waals surface area contributed by atoms with Crippen molar-refractivity contribution in [3.05, 3.63) is 0 Å². The van der Waals surface area contributed by atoms with E-state index >= 15 is 0 Å². The SMILES string of the molecule is CCNC(=NCCCOCC1CCOCC1)N(C)C. The van der Waals surface area contributed by atoms with Crippen LogP contribution in [0.25, 0.3) is 0 Å². The fraction of sp³-hybridized carbons (Fsp3) is 0.929. The molecule has 0 atom stereocenters. The van der Waals surface area contributed by atoms with Gasteiger partial charge in [-0.25, -0.2) is 0 Å². The monoisotopic (exact) mass is 271 g/mol. The van der Waals surface area contributed by atoms with Gasteiger partial charge in [0.05, 0.1) is 0 Å². The molecular weight excluding hydrogens is 242 g/mol. The normalized spacial score (nSPS) is 17.5. The molecule has 112 valence electrons. The number of nitrogens with zero attached hydrogens (tertiary/aromatic N) is 2. The predicted octanol–water partition coefficient (Wildman–Crippen LogP) is 1.35. The molecule has 19 heavy (non-hydrogen) atoms. The number of aliphatic imine (C=N–C) groups is 1. The zero-order valence-corrected chi connectivity index (χ0v) is 12.7. The molecule has 0 aromatic carbocycles. The second-order valence-corrected chi connectivity index (χ2v) is 5.11. The Bertz CT molecular complexity index is 251. The van der Waals surface area contributed by atoms with Crippen molar-refractivity contribution in [2.75, 3.05) is 53.6 Å². The van der Waals surface area contributed by atoms with Crippen LogP contribution < -0.4 is 5.32 Å². The van der Waals surface area contributed by atoms with Crippen LogP contribution in [0.2, 0.25) is 0 Å². The first-order valence-corrected chi connectivity index (χ1v) is 7.35. The first-order chi connectivity index (χ1) is 9.24. The Morgan fingerprint density at radius 3 is 2.74 bits per heavy atom. The van der Waals surface area contributed by atoms with Crippen LogP contribution in [0.1, 0.15) is 26.2 Å². The molecule has 0 amide bonds. The van der Waals surface area contributed by atoms with E-state index in [2.05, 4.69) is 17.2 Å². The standard InChI is InChI=1S/C14H29N3O2/c1-4-15-14(17(2)3)16-8-5-9-19-12-13-6-10-18-11-7-13/h13H,4-12H2,1-3H3,(H,15,16). The summed E-state index contributed by atoms with van der Waals surface area (Å²) >= 11 is 0. The Kier molecular flexibility index (Phi) is 8.58. The molecule has 5 nitrogen and oxygen atoms in total. The lowest BCUT2D eigenvalue weighted by atomic mass is 10.0. The van der Waals surface area contributed by atoms with Gasteiger partial charge < -0.3 is 19.7 Å². The zero-order valence-electron chi connectivity index (χ0n) is 12.7. The number of hydrogen-bond acceptors (Lipinski definition) is 3. The van der Waals surface area contributed by atoms with E-state index in [4.69, 9.17) is 9.47 Å². The Morgan fingerprint density at radius 1 is 1.37 bits per heavy atom. The lowest BCUT2D eigenvalue weighted by molar-refractivity contribution is 0.0205. The molecule has 1 aliphatic rings. The van der Waals surface area contributed by atoms with Gasteiger partial charge in [0.2, 0.25) is 0 Å². The topological polar surface area (TPSA) is 46.1 Å². The Balaban J connectivity index is 2.04. The van der Waals surface area contributed by atoms with Crippen molar-refractivity contribution < 1.29 is 9.47 Å². The first kappa shape index (κ1) is 16.2. The molecule has 0 spiro atoms. The summed E-state index contributed by atoms with van der Waals surface area (Å²) in [5, 5.41) is 3.25. The van der Waals surface area contributed by atoms with Crippen LogP contribution in [0.15, 0.2) is 4.99 Å². The number of guanidine groups is 1. The molecule has 0 aromatic rings. The number of nitrogens with one attached hydrogen (secondary N) is 1. The third kappa shape index (κ3) is 7.38. The van der Waals surface area contributed by atoms with Gasteiger partial charge in [-0.1, -0.05) is 0 Å². The van der Waals surface area contributed by atoms with Crippen molar-refractivity contribution >= 4 is 5.96 Å². The smallest absolute Gasteiger partial charge is 0.193 e. The van der Waals surface area contributed by atoms with E-state index in [0.717, 1.165) is 64.7 Å². The maximum atomic E-state index is 5.72. The third-order valence-corrected chi connectivity index (χ3v) is 3.16. The van der Waals surface area contributed by atoms with Crippen molar-refractivity contribution in [1.82, 2.24) is 10.2 Å². The predicted molar refractivity (Wildman–Crippen MR) is 78.6 cm³/mol. The van der Waals surface area contributed by atoms with Gasteiger partial charge in [-0.05, 0) is 32.1 Å². The molecule has 1 rings (SSSR count). The van der Waals surface area contributed by atoms with Gasteiger partial charge in [0.1, 0.15) is 0 Å². The fourth-order valence-corrected chi connectivity index (χ4v) is 2.03. The minimum absolute atomic E-state index is 0.691. The molecular formula is C14H29N3O2. The average Bonchev–Trinajstić information content (AvgIpc) is 2.42. The Labute approximate surface area is 117 Å². The molecule has 0 unspecified atom stereocenters. The second kappa shape index (κ2) is 10.0. The van der Waals surface area contributed by atoms with Crippen molar-refractivity contribution in [1.29, 1.82) is 0 Å². The Morgan fingerprint density at radius 2 is 2.11 bits per heavy atom. The van der Waals surface area contributed by atoms with Gasteiger partial charge in [-0.15, -0.1) is 0 Å². The molecule has 1 saturated heterocycles. The maximum absolute atomic E-state index is 5.72. The van der Waals surface area contributed by atoms with Crippen molar-refractivity contribution in [3.8, 4) is 0 Å². The van der Waals surface area contributed by atoms with Crippen LogP contribution in [-0.4, -0.2) is 64.5 Å². The number of rotatable bonds is 7. The van der Waals surface area contributed by atoms with E-state index in [1.807, 2.05) is 19.0 Å². The molecule has 1 aliphatic heterocycles. The van der Waals surface area contributed by atoms with Gasteiger partial charge >= 0.3 is 0 Å². The highest BCUT2D eigenvalue weighted by Gasteiger charge is 2.13. The van der Waals surface area contributed by atoms with E-state index in [1.54, 1.807) is 0 Å². The molecule has 1 fully saturated rings. The van der Waals surface area contributed by atoms with E-state index < -0.39 is 0 Å². The second-order valence-electron chi connectivity index (χ2n) is 5.11. The minimum atomic E-state index is 0.691. The summed E-state index contributed by atoms with van der Waals surface area (Å²) in [5.74, 6) is 1.64. The van der Waals surface area contributed by atoms with Crippen LogP contribution in [0.3, 0.4) is 0 Å². The van der Waals surface area contributed by atoms with Crippen LogP contribution in [0.5, 0.6) is 0 Å². The van der Waals surface area contributed by atoms with Crippen molar-refractivity contribution in [2.45, 2.75) is 26.2 Å². The molecule has 5 heteroatoms. The number of ether oxygens (including phenoxy) is 2.